The number of ether oxygens (including phenoxy) is 4. The zero-order valence-electron chi connectivity index (χ0n) is 21.2. The summed E-state index contributed by atoms with van der Waals surface area (Å²) in [6.45, 7) is 6.12. The van der Waals surface area contributed by atoms with Gasteiger partial charge in [0.25, 0.3) is 0 Å². The minimum absolute atomic E-state index is 0.00166. The van der Waals surface area contributed by atoms with Crippen molar-refractivity contribution in [2.75, 3.05) is 41.0 Å². The van der Waals surface area contributed by atoms with Gasteiger partial charge in [0.2, 0.25) is 5.79 Å². The fraction of sp³-hybridized carbons (Fsp3) is 0.962. The monoisotopic (exact) mass is 479 g/mol. The molecule has 0 unspecified atom stereocenters. The Bertz CT molecular complexity index is 870. The van der Waals surface area contributed by atoms with E-state index in [-0.39, 0.29) is 46.8 Å². The van der Waals surface area contributed by atoms with Gasteiger partial charge in [0.15, 0.2) is 0 Å². The maximum Gasteiger partial charge on any atom is 0.305 e. The van der Waals surface area contributed by atoms with Crippen LogP contribution in [0, 0.1) is 40.4 Å². The van der Waals surface area contributed by atoms with Crippen molar-refractivity contribution in [3.8, 4) is 0 Å². The molecular weight excluding hydrogens is 438 g/mol. The number of fused-ring (bicyclic) bond motifs is 2. The number of piperidine rings is 1. The Morgan fingerprint density at radius 3 is 2.47 bits per heavy atom. The van der Waals surface area contributed by atoms with Crippen molar-refractivity contribution < 1.29 is 34.0 Å². The molecular formula is C26H41NO7. The first kappa shape index (κ1) is 23.6. The molecule has 0 aromatic heterocycles. The van der Waals surface area contributed by atoms with Gasteiger partial charge >= 0.3 is 5.97 Å². The van der Waals surface area contributed by atoms with Gasteiger partial charge < -0.3 is 29.2 Å². The number of rotatable bonds is 6. The molecule has 2 N–H and O–H groups in total. The summed E-state index contributed by atoms with van der Waals surface area (Å²) in [6, 6.07) is 0.167. The fourth-order valence-electron chi connectivity index (χ4n) is 11.1. The molecule has 0 aromatic rings. The number of hydrogen-bond donors (Lipinski definition) is 2. The molecule has 192 valence electrons. The lowest BCUT2D eigenvalue weighted by Crippen LogP contribution is -2.78. The number of aliphatic hydroxyl groups is 2. The van der Waals surface area contributed by atoms with Crippen molar-refractivity contribution in [3.05, 3.63) is 0 Å². The average Bonchev–Trinajstić information content (AvgIpc) is 3.16. The van der Waals surface area contributed by atoms with E-state index < -0.39 is 23.3 Å². The van der Waals surface area contributed by atoms with E-state index >= 15 is 0 Å². The predicted octanol–water partition coefficient (Wildman–Crippen LogP) is 1.42. The summed E-state index contributed by atoms with van der Waals surface area (Å²) in [5, 5.41) is 24.8. The Labute approximate surface area is 202 Å². The van der Waals surface area contributed by atoms with Gasteiger partial charge in [0, 0.05) is 64.0 Å². The molecule has 6 rings (SSSR count). The molecule has 7 bridgehead atoms. The van der Waals surface area contributed by atoms with Gasteiger partial charge in [-0.1, -0.05) is 6.92 Å². The van der Waals surface area contributed by atoms with Crippen LogP contribution in [0.4, 0.5) is 0 Å². The van der Waals surface area contributed by atoms with E-state index in [1.54, 1.807) is 14.2 Å². The van der Waals surface area contributed by atoms with Crippen LogP contribution in [0.25, 0.3) is 0 Å². The van der Waals surface area contributed by atoms with Crippen LogP contribution in [0.5, 0.6) is 0 Å². The van der Waals surface area contributed by atoms with E-state index in [0.29, 0.717) is 25.4 Å². The summed E-state index contributed by atoms with van der Waals surface area (Å²) < 4.78 is 23.8. The second-order valence-corrected chi connectivity index (χ2v) is 12.2. The molecule has 0 aromatic carbocycles. The van der Waals surface area contributed by atoms with Crippen LogP contribution in [0.3, 0.4) is 0 Å². The summed E-state index contributed by atoms with van der Waals surface area (Å²) >= 11 is 0. The van der Waals surface area contributed by atoms with Gasteiger partial charge in [0.1, 0.15) is 0 Å². The Balaban J connectivity index is 1.60. The third-order valence-corrected chi connectivity index (χ3v) is 11.5. The smallest absolute Gasteiger partial charge is 0.305 e. The maximum absolute atomic E-state index is 12.6. The van der Waals surface area contributed by atoms with Crippen LogP contribution in [0.1, 0.15) is 46.0 Å². The minimum atomic E-state index is -1.73. The van der Waals surface area contributed by atoms with E-state index in [2.05, 4.69) is 11.8 Å². The van der Waals surface area contributed by atoms with Crippen molar-refractivity contribution in [3.63, 3.8) is 0 Å². The summed E-state index contributed by atoms with van der Waals surface area (Å²) in [5.41, 5.74) is -1.41. The molecule has 1 aliphatic heterocycles. The molecule has 1 saturated heterocycles. The van der Waals surface area contributed by atoms with Crippen molar-refractivity contribution in [1.29, 1.82) is 0 Å². The SMILES string of the molecule is CCN1C[C@]2(COC)CC[C@H](OC)[C@@]34[C@@H]5C[C@@H]6[C@@H](OC)C[C@](O)([C@@H](C[C@H]23)[C@@H]14)[C@H]5[C@]6(O)OC(C)=O. The highest BCUT2D eigenvalue weighted by atomic mass is 16.7. The molecule has 12 atom stereocenters. The van der Waals surface area contributed by atoms with E-state index in [1.165, 1.54) is 6.92 Å². The second kappa shape index (κ2) is 7.39. The number of nitrogens with zero attached hydrogens (tertiary/aromatic N) is 1. The standard InChI is InChI=1S/C26H41NO7/c1-6-27-12-23(13-31-3)8-7-20(33-5)25-16-9-15-18(32-4)11-24(29,17(22(25)27)10-19(23)25)21(16)26(15,30)34-14(2)28/h15-22,29-30H,6-13H2,1-5H3/t15-,16-,17+,18+,19-,20+,21+,22-,23+,24+,25-,26-/m1/s1. The highest BCUT2D eigenvalue weighted by molar-refractivity contribution is 5.66. The Morgan fingerprint density at radius 1 is 1.09 bits per heavy atom. The molecule has 5 aliphatic carbocycles. The van der Waals surface area contributed by atoms with Crippen LogP contribution in [-0.4, -0.2) is 91.7 Å². The molecule has 0 amide bonds. The van der Waals surface area contributed by atoms with Crippen molar-refractivity contribution in [2.45, 2.75) is 75.6 Å². The zero-order valence-corrected chi connectivity index (χ0v) is 21.2. The molecule has 6 fully saturated rings. The third-order valence-electron chi connectivity index (χ3n) is 11.5. The lowest BCUT2D eigenvalue weighted by Gasteiger charge is -2.69. The van der Waals surface area contributed by atoms with E-state index in [4.69, 9.17) is 18.9 Å². The van der Waals surface area contributed by atoms with Gasteiger partial charge in [-0.25, -0.2) is 0 Å². The fourth-order valence-corrected chi connectivity index (χ4v) is 11.1. The predicted molar refractivity (Wildman–Crippen MR) is 122 cm³/mol. The van der Waals surface area contributed by atoms with Crippen LogP contribution in [-0.2, 0) is 23.7 Å². The molecule has 0 radical (unpaired) electrons. The zero-order chi connectivity index (χ0) is 24.3. The molecule has 8 nitrogen and oxygen atoms in total. The summed E-state index contributed by atoms with van der Waals surface area (Å²) in [6.07, 6.45) is 3.66. The van der Waals surface area contributed by atoms with E-state index in [9.17, 15) is 15.0 Å². The first-order valence-electron chi connectivity index (χ1n) is 13.1. The Kier molecular flexibility index (Phi) is 5.13. The summed E-state index contributed by atoms with van der Waals surface area (Å²) in [4.78, 5) is 14.8. The maximum atomic E-state index is 12.6. The first-order valence-corrected chi connectivity index (χ1v) is 13.1. The molecule has 34 heavy (non-hydrogen) atoms. The lowest BCUT2D eigenvalue weighted by molar-refractivity contribution is -0.339. The van der Waals surface area contributed by atoms with Crippen molar-refractivity contribution in [1.82, 2.24) is 4.90 Å². The molecule has 5 saturated carbocycles. The van der Waals surface area contributed by atoms with Crippen molar-refractivity contribution >= 4 is 5.97 Å². The third kappa shape index (κ3) is 2.44. The Morgan fingerprint density at radius 2 is 1.85 bits per heavy atom. The molecule has 8 heteroatoms. The van der Waals surface area contributed by atoms with Gasteiger partial charge in [-0.3, -0.25) is 9.69 Å². The van der Waals surface area contributed by atoms with Crippen LogP contribution >= 0.6 is 0 Å². The first-order chi connectivity index (χ1) is 16.2. The van der Waals surface area contributed by atoms with Crippen LogP contribution < -0.4 is 0 Å². The second-order valence-electron chi connectivity index (χ2n) is 12.2. The van der Waals surface area contributed by atoms with Crippen LogP contribution in [0.15, 0.2) is 0 Å². The molecule has 6 aliphatic rings. The summed E-state index contributed by atoms with van der Waals surface area (Å²) in [7, 11) is 5.25. The summed E-state index contributed by atoms with van der Waals surface area (Å²) in [5.74, 6) is -2.90. The number of carbonyl (C=O) groups is 1. The highest BCUT2D eigenvalue weighted by Gasteiger charge is 2.86. The van der Waals surface area contributed by atoms with Gasteiger partial charge in [0.05, 0.1) is 36.3 Å². The van der Waals surface area contributed by atoms with E-state index in [0.717, 1.165) is 32.4 Å². The number of carbonyl (C=O) groups excluding carboxylic acids is 1. The largest absolute Gasteiger partial charge is 0.433 e. The van der Waals surface area contributed by atoms with E-state index in [1.807, 2.05) is 7.11 Å². The lowest BCUT2D eigenvalue weighted by atomic mass is 9.43. The Hall–Kier alpha value is -0.770. The topological polar surface area (TPSA) is 97.7 Å². The normalized spacial score (nSPS) is 57.0. The number of methoxy groups -OCH3 is 3. The number of esters is 1. The van der Waals surface area contributed by atoms with Crippen LogP contribution in [0.2, 0.25) is 0 Å². The number of likely N-dealkylation sites (tertiary alicyclic amines) is 1. The van der Waals surface area contributed by atoms with Gasteiger partial charge in [-0.05, 0) is 44.1 Å². The quantitative estimate of drug-likeness (QED) is 0.436. The molecule has 1 spiro atoms. The molecule has 1 heterocycles. The number of hydrogen-bond acceptors (Lipinski definition) is 8. The average molecular weight is 480 g/mol. The highest BCUT2D eigenvalue weighted by Crippen LogP contribution is 2.80. The van der Waals surface area contributed by atoms with Gasteiger partial charge in [-0.2, -0.15) is 0 Å². The minimum Gasteiger partial charge on any atom is -0.433 e. The van der Waals surface area contributed by atoms with Gasteiger partial charge in [-0.15, -0.1) is 0 Å². The van der Waals surface area contributed by atoms with Crippen molar-refractivity contribution in [2.24, 2.45) is 40.4 Å².